The van der Waals surface area contributed by atoms with Crippen LogP contribution in [-0.4, -0.2) is 40.9 Å². The molecule has 0 heterocycles. The van der Waals surface area contributed by atoms with Crippen LogP contribution in [0.2, 0.25) is 0 Å². The molecule has 0 aromatic heterocycles. The fraction of sp³-hybridized carbons (Fsp3) is 0.391. The van der Waals surface area contributed by atoms with Crippen molar-refractivity contribution in [1.82, 2.24) is 0 Å². The minimum absolute atomic E-state index is 0.0760. The van der Waals surface area contributed by atoms with Gasteiger partial charge in [0.25, 0.3) is 0 Å². The number of benzene rings is 2. The van der Waals surface area contributed by atoms with Crippen molar-refractivity contribution in [2.45, 2.75) is 50.9 Å². The SMILES string of the molecule is CC(C)(C)OC(C(=O)OCC1c2ccccc2-c2ccccc21)[C@@](C)(N)C(=O)O. The van der Waals surface area contributed by atoms with Crippen molar-refractivity contribution in [3.8, 4) is 11.1 Å². The van der Waals surface area contributed by atoms with E-state index in [0.717, 1.165) is 22.3 Å². The Kier molecular flexibility index (Phi) is 5.52. The molecule has 6 nitrogen and oxygen atoms in total. The Morgan fingerprint density at radius 2 is 1.48 bits per heavy atom. The number of carboxylic acid groups (broad SMARTS) is 1. The van der Waals surface area contributed by atoms with Crippen molar-refractivity contribution in [2.24, 2.45) is 5.73 Å². The number of nitrogens with two attached hydrogens (primary N) is 1. The quantitative estimate of drug-likeness (QED) is 0.726. The first kappa shape index (κ1) is 21.0. The highest BCUT2D eigenvalue weighted by atomic mass is 16.6. The van der Waals surface area contributed by atoms with E-state index in [2.05, 4.69) is 0 Å². The van der Waals surface area contributed by atoms with Gasteiger partial charge in [-0.3, -0.25) is 4.79 Å². The second-order valence-electron chi connectivity index (χ2n) is 8.56. The molecule has 0 saturated heterocycles. The van der Waals surface area contributed by atoms with Gasteiger partial charge in [-0.15, -0.1) is 0 Å². The predicted molar refractivity (Wildman–Crippen MR) is 110 cm³/mol. The third-order valence-electron chi connectivity index (χ3n) is 5.05. The molecule has 0 amide bonds. The first-order chi connectivity index (χ1) is 13.5. The van der Waals surface area contributed by atoms with Gasteiger partial charge >= 0.3 is 11.9 Å². The Morgan fingerprint density at radius 1 is 1.00 bits per heavy atom. The average Bonchev–Trinajstić information content (AvgIpc) is 2.97. The van der Waals surface area contributed by atoms with Crippen LogP contribution < -0.4 is 5.73 Å². The van der Waals surface area contributed by atoms with Crippen LogP contribution in [-0.2, 0) is 19.1 Å². The Labute approximate surface area is 170 Å². The van der Waals surface area contributed by atoms with Gasteiger partial charge in [0.1, 0.15) is 12.1 Å². The lowest BCUT2D eigenvalue weighted by molar-refractivity contribution is -0.180. The topological polar surface area (TPSA) is 98.9 Å². The summed E-state index contributed by atoms with van der Waals surface area (Å²) in [6.07, 6.45) is -1.44. The highest BCUT2D eigenvalue weighted by Crippen LogP contribution is 2.44. The first-order valence-electron chi connectivity index (χ1n) is 9.57. The lowest BCUT2D eigenvalue weighted by Gasteiger charge is -2.34. The molecule has 3 rings (SSSR count). The van der Waals surface area contributed by atoms with E-state index in [0.29, 0.717) is 0 Å². The minimum Gasteiger partial charge on any atom is -0.480 e. The van der Waals surface area contributed by atoms with Gasteiger partial charge in [0.15, 0.2) is 6.10 Å². The van der Waals surface area contributed by atoms with Crippen molar-refractivity contribution in [3.63, 3.8) is 0 Å². The number of carbonyl (C=O) groups excluding carboxylic acids is 1. The number of fused-ring (bicyclic) bond motifs is 3. The predicted octanol–water partition coefficient (Wildman–Crippen LogP) is 3.33. The van der Waals surface area contributed by atoms with Gasteiger partial charge in [-0.25, -0.2) is 4.79 Å². The minimum atomic E-state index is -1.92. The van der Waals surface area contributed by atoms with E-state index in [-0.39, 0.29) is 12.5 Å². The van der Waals surface area contributed by atoms with E-state index in [1.54, 1.807) is 20.8 Å². The van der Waals surface area contributed by atoms with Crippen LogP contribution in [0.5, 0.6) is 0 Å². The Bertz CT molecular complexity index is 883. The van der Waals surface area contributed by atoms with E-state index in [4.69, 9.17) is 15.2 Å². The molecule has 6 heteroatoms. The average molecular weight is 397 g/mol. The van der Waals surface area contributed by atoms with Gasteiger partial charge in [-0.2, -0.15) is 0 Å². The molecule has 3 N–H and O–H groups in total. The molecule has 0 spiro atoms. The van der Waals surface area contributed by atoms with Gasteiger partial charge in [-0.1, -0.05) is 48.5 Å². The molecular formula is C23H27NO5. The largest absolute Gasteiger partial charge is 0.480 e. The molecule has 0 aliphatic heterocycles. The number of rotatable bonds is 6. The maximum Gasteiger partial charge on any atom is 0.337 e. The van der Waals surface area contributed by atoms with Crippen LogP contribution in [0.25, 0.3) is 11.1 Å². The number of esters is 1. The summed E-state index contributed by atoms with van der Waals surface area (Å²) in [5.74, 6) is -2.25. The monoisotopic (exact) mass is 397 g/mol. The van der Waals surface area contributed by atoms with Gasteiger partial charge < -0.3 is 20.3 Å². The van der Waals surface area contributed by atoms with Crippen LogP contribution in [0, 0.1) is 0 Å². The Balaban J connectivity index is 1.84. The van der Waals surface area contributed by atoms with Crippen LogP contribution >= 0.6 is 0 Å². The summed E-state index contributed by atoms with van der Waals surface area (Å²) in [6.45, 7) is 6.53. The molecule has 0 bridgehead atoms. The summed E-state index contributed by atoms with van der Waals surface area (Å²) in [7, 11) is 0. The van der Waals surface area contributed by atoms with Crippen molar-refractivity contribution < 1.29 is 24.2 Å². The van der Waals surface area contributed by atoms with Gasteiger partial charge in [-0.05, 0) is 49.9 Å². The summed E-state index contributed by atoms with van der Waals surface area (Å²) in [5, 5.41) is 9.48. The zero-order valence-electron chi connectivity index (χ0n) is 17.1. The summed E-state index contributed by atoms with van der Waals surface area (Å²) in [4.78, 5) is 24.5. The smallest absolute Gasteiger partial charge is 0.337 e. The van der Waals surface area contributed by atoms with Gasteiger partial charge in [0.05, 0.1) is 5.60 Å². The molecule has 0 fully saturated rings. The number of aliphatic carboxylic acids is 1. The Morgan fingerprint density at radius 3 is 1.93 bits per heavy atom. The van der Waals surface area contributed by atoms with Crippen molar-refractivity contribution in [3.05, 3.63) is 59.7 Å². The molecule has 1 aliphatic rings. The fourth-order valence-electron chi connectivity index (χ4n) is 3.56. The normalized spacial score (nSPS) is 16.4. The summed E-state index contributed by atoms with van der Waals surface area (Å²) >= 11 is 0. The number of carboxylic acids is 1. The lowest BCUT2D eigenvalue weighted by atomic mass is 9.94. The molecular weight excluding hydrogens is 370 g/mol. The second-order valence-corrected chi connectivity index (χ2v) is 8.56. The van der Waals surface area contributed by atoms with E-state index < -0.39 is 29.2 Å². The number of ether oxygens (including phenoxy) is 2. The molecule has 2 aromatic carbocycles. The fourth-order valence-corrected chi connectivity index (χ4v) is 3.56. The highest BCUT2D eigenvalue weighted by Gasteiger charge is 2.46. The second kappa shape index (κ2) is 7.61. The zero-order chi connectivity index (χ0) is 21.4. The number of hydrogen-bond acceptors (Lipinski definition) is 5. The lowest BCUT2D eigenvalue weighted by Crippen LogP contribution is -2.61. The molecule has 2 aromatic rings. The molecule has 1 aliphatic carbocycles. The maximum absolute atomic E-state index is 12.9. The van der Waals surface area contributed by atoms with Crippen molar-refractivity contribution in [2.75, 3.05) is 6.61 Å². The van der Waals surface area contributed by atoms with Crippen LogP contribution in [0.4, 0.5) is 0 Å². The maximum atomic E-state index is 12.9. The van der Waals surface area contributed by atoms with E-state index >= 15 is 0 Å². The van der Waals surface area contributed by atoms with Crippen LogP contribution in [0.1, 0.15) is 44.7 Å². The van der Waals surface area contributed by atoms with E-state index in [1.807, 2.05) is 48.5 Å². The first-order valence-corrected chi connectivity index (χ1v) is 9.57. The van der Waals surface area contributed by atoms with E-state index in [9.17, 15) is 14.7 Å². The van der Waals surface area contributed by atoms with E-state index in [1.165, 1.54) is 6.92 Å². The highest BCUT2D eigenvalue weighted by molar-refractivity contribution is 5.89. The van der Waals surface area contributed by atoms with Crippen LogP contribution in [0.15, 0.2) is 48.5 Å². The molecule has 1 unspecified atom stereocenters. The molecule has 2 atom stereocenters. The zero-order valence-corrected chi connectivity index (χ0v) is 17.1. The molecule has 0 radical (unpaired) electrons. The molecule has 0 saturated carbocycles. The number of carbonyl (C=O) groups is 2. The standard InChI is InChI=1S/C23H27NO5/c1-22(2,3)29-19(23(4,24)21(26)27)20(25)28-13-18-16-11-7-5-9-14(16)15-10-6-8-12-17(15)18/h5-12,18-19H,13,24H2,1-4H3,(H,26,27)/t19?,23-/m1/s1. The third-order valence-corrected chi connectivity index (χ3v) is 5.05. The number of hydrogen-bond donors (Lipinski definition) is 2. The summed E-state index contributed by atoms with van der Waals surface area (Å²) in [5.41, 5.74) is 7.60. The molecule has 29 heavy (non-hydrogen) atoms. The van der Waals surface area contributed by atoms with Gasteiger partial charge in [0.2, 0.25) is 0 Å². The van der Waals surface area contributed by atoms with Crippen molar-refractivity contribution in [1.29, 1.82) is 0 Å². The molecule has 154 valence electrons. The third kappa shape index (κ3) is 4.18. The van der Waals surface area contributed by atoms with Crippen molar-refractivity contribution >= 4 is 11.9 Å². The van der Waals surface area contributed by atoms with Gasteiger partial charge in [0, 0.05) is 5.92 Å². The summed E-state index contributed by atoms with van der Waals surface area (Å²) < 4.78 is 11.3. The van der Waals surface area contributed by atoms with Crippen LogP contribution in [0.3, 0.4) is 0 Å². The Hall–Kier alpha value is -2.70. The summed E-state index contributed by atoms with van der Waals surface area (Å²) in [6, 6.07) is 16.0.